The largest absolute Gasteiger partial charge is 0.493 e. The Kier molecular flexibility index (Phi) is 3.04. The summed E-state index contributed by atoms with van der Waals surface area (Å²) in [7, 11) is 1.75. The molecule has 2 heteroatoms. The fourth-order valence-electron chi connectivity index (χ4n) is 1.86. The van der Waals surface area contributed by atoms with E-state index in [1.165, 1.54) is 5.56 Å². The first-order valence-corrected chi connectivity index (χ1v) is 5.10. The fourth-order valence-corrected chi connectivity index (χ4v) is 1.86. The molecule has 0 saturated carbocycles. The van der Waals surface area contributed by atoms with Crippen LogP contribution in [0.4, 0.5) is 0 Å². The lowest BCUT2D eigenvalue weighted by Crippen LogP contribution is -2.21. The van der Waals surface area contributed by atoms with Crippen molar-refractivity contribution in [1.29, 1.82) is 0 Å². The van der Waals surface area contributed by atoms with E-state index in [1.807, 2.05) is 12.1 Å². The van der Waals surface area contributed by atoms with Gasteiger partial charge in [-0.3, -0.25) is 0 Å². The van der Waals surface area contributed by atoms with Gasteiger partial charge in [-0.05, 0) is 30.4 Å². The van der Waals surface area contributed by atoms with Crippen LogP contribution in [0, 0.1) is 5.92 Å². The second-order valence-corrected chi connectivity index (χ2v) is 3.77. The molecule has 0 aromatic heterocycles. The smallest absolute Gasteiger partial charge is 0.122 e. The Labute approximate surface area is 84.8 Å². The van der Waals surface area contributed by atoms with Crippen LogP contribution in [0.25, 0.3) is 0 Å². The van der Waals surface area contributed by atoms with Crippen LogP contribution in [0.3, 0.4) is 0 Å². The summed E-state index contributed by atoms with van der Waals surface area (Å²) in [6.45, 7) is 1.66. The quantitative estimate of drug-likeness (QED) is 0.731. The molecule has 0 N–H and O–H groups in total. The molecule has 0 aliphatic carbocycles. The van der Waals surface area contributed by atoms with Crippen molar-refractivity contribution in [3.05, 3.63) is 29.8 Å². The monoisotopic (exact) mass is 192 g/mol. The molecule has 0 saturated heterocycles. The molecule has 1 unspecified atom stereocenters. The maximum atomic E-state index is 5.68. The normalized spacial score (nSPS) is 19.9. The maximum Gasteiger partial charge on any atom is 0.122 e. The Hall–Kier alpha value is -1.02. The molecular formula is C12H16O2. The molecule has 1 aromatic rings. The summed E-state index contributed by atoms with van der Waals surface area (Å²) in [5.74, 6) is 1.67. The molecule has 1 heterocycles. The van der Waals surface area contributed by atoms with E-state index in [9.17, 15) is 0 Å². The Bertz CT molecular complexity index is 296. The van der Waals surface area contributed by atoms with Crippen LogP contribution in [0.1, 0.15) is 12.0 Å². The highest BCUT2D eigenvalue weighted by atomic mass is 16.5. The number of rotatable bonds is 3. The maximum absolute atomic E-state index is 5.68. The molecule has 14 heavy (non-hydrogen) atoms. The summed E-state index contributed by atoms with van der Waals surface area (Å²) in [5, 5.41) is 0. The molecule has 0 amide bonds. The summed E-state index contributed by atoms with van der Waals surface area (Å²) in [4.78, 5) is 0. The van der Waals surface area contributed by atoms with Crippen molar-refractivity contribution in [2.45, 2.75) is 12.8 Å². The zero-order chi connectivity index (χ0) is 9.80. The van der Waals surface area contributed by atoms with Crippen molar-refractivity contribution in [2.75, 3.05) is 20.3 Å². The van der Waals surface area contributed by atoms with Gasteiger partial charge in [0.1, 0.15) is 5.75 Å². The predicted molar refractivity (Wildman–Crippen MR) is 55.6 cm³/mol. The summed E-state index contributed by atoms with van der Waals surface area (Å²) in [6, 6.07) is 8.28. The third-order valence-corrected chi connectivity index (χ3v) is 2.69. The zero-order valence-electron chi connectivity index (χ0n) is 8.53. The van der Waals surface area contributed by atoms with Crippen molar-refractivity contribution in [1.82, 2.24) is 0 Å². The van der Waals surface area contributed by atoms with Gasteiger partial charge in [-0.25, -0.2) is 0 Å². The molecule has 1 aliphatic rings. The Morgan fingerprint density at radius 2 is 2.29 bits per heavy atom. The van der Waals surface area contributed by atoms with Crippen LogP contribution < -0.4 is 4.74 Å². The van der Waals surface area contributed by atoms with Crippen molar-refractivity contribution in [3.8, 4) is 5.75 Å². The third-order valence-electron chi connectivity index (χ3n) is 2.69. The van der Waals surface area contributed by atoms with Gasteiger partial charge in [0, 0.05) is 13.7 Å². The van der Waals surface area contributed by atoms with E-state index in [4.69, 9.17) is 9.47 Å². The predicted octanol–water partition coefficient (Wildman–Crippen LogP) is 2.27. The van der Waals surface area contributed by atoms with Crippen LogP contribution in [0.2, 0.25) is 0 Å². The highest BCUT2D eigenvalue weighted by molar-refractivity contribution is 5.34. The number of para-hydroxylation sites is 1. The zero-order valence-corrected chi connectivity index (χ0v) is 8.53. The first-order chi connectivity index (χ1) is 6.90. The van der Waals surface area contributed by atoms with E-state index in [0.29, 0.717) is 5.92 Å². The van der Waals surface area contributed by atoms with Crippen LogP contribution >= 0.6 is 0 Å². The van der Waals surface area contributed by atoms with E-state index in [-0.39, 0.29) is 0 Å². The molecule has 1 atom stereocenters. The van der Waals surface area contributed by atoms with Crippen molar-refractivity contribution >= 4 is 0 Å². The van der Waals surface area contributed by atoms with Gasteiger partial charge in [-0.2, -0.15) is 0 Å². The summed E-state index contributed by atoms with van der Waals surface area (Å²) >= 11 is 0. The SMILES string of the molecule is COCCC1COc2ccccc2C1. The number of benzene rings is 1. The molecule has 76 valence electrons. The van der Waals surface area contributed by atoms with Crippen LogP contribution in [0.15, 0.2) is 24.3 Å². The van der Waals surface area contributed by atoms with E-state index >= 15 is 0 Å². The number of hydrogen-bond acceptors (Lipinski definition) is 2. The highest BCUT2D eigenvalue weighted by Crippen LogP contribution is 2.27. The average Bonchev–Trinajstić information content (AvgIpc) is 2.26. The van der Waals surface area contributed by atoms with E-state index in [0.717, 1.165) is 31.8 Å². The standard InChI is InChI=1S/C12H16O2/c1-13-7-6-10-8-11-4-2-3-5-12(11)14-9-10/h2-5,10H,6-9H2,1H3. The minimum atomic E-state index is 0.616. The number of methoxy groups -OCH3 is 1. The van der Waals surface area contributed by atoms with Gasteiger partial charge >= 0.3 is 0 Å². The van der Waals surface area contributed by atoms with Gasteiger partial charge in [-0.15, -0.1) is 0 Å². The van der Waals surface area contributed by atoms with E-state index in [2.05, 4.69) is 12.1 Å². The average molecular weight is 192 g/mol. The molecule has 0 fully saturated rings. The summed E-state index contributed by atoms with van der Waals surface area (Å²) in [5.41, 5.74) is 1.33. The molecule has 2 rings (SSSR count). The second kappa shape index (κ2) is 4.47. The van der Waals surface area contributed by atoms with Crippen molar-refractivity contribution in [3.63, 3.8) is 0 Å². The van der Waals surface area contributed by atoms with E-state index < -0.39 is 0 Å². The minimum absolute atomic E-state index is 0.616. The van der Waals surface area contributed by atoms with Gasteiger partial charge in [0.2, 0.25) is 0 Å². The third kappa shape index (κ3) is 2.07. The topological polar surface area (TPSA) is 18.5 Å². The second-order valence-electron chi connectivity index (χ2n) is 3.77. The number of fused-ring (bicyclic) bond motifs is 1. The Morgan fingerprint density at radius 1 is 1.43 bits per heavy atom. The summed E-state index contributed by atoms with van der Waals surface area (Å²) < 4.78 is 10.8. The van der Waals surface area contributed by atoms with Crippen molar-refractivity contribution in [2.24, 2.45) is 5.92 Å². The van der Waals surface area contributed by atoms with Crippen LogP contribution in [-0.4, -0.2) is 20.3 Å². The lowest BCUT2D eigenvalue weighted by molar-refractivity contribution is 0.145. The van der Waals surface area contributed by atoms with Crippen molar-refractivity contribution < 1.29 is 9.47 Å². The Morgan fingerprint density at radius 3 is 3.14 bits per heavy atom. The molecule has 0 radical (unpaired) electrons. The molecule has 2 nitrogen and oxygen atoms in total. The van der Waals surface area contributed by atoms with Crippen LogP contribution in [-0.2, 0) is 11.2 Å². The molecule has 0 bridgehead atoms. The first-order valence-electron chi connectivity index (χ1n) is 5.10. The van der Waals surface area contributed by atoms with E-state index in [1.54, 1.807) is 7.11 Å². The van der Waals surface area contributed by atoms with Gasteiger partial charge in [0.15, 0.2) is 0 Å². The van der Waals surface area contributed by atoms with Gasteiger partial charge in [0.25, 0.3) is 0 Å². The molecule has 0 spiro atoms. The van der Waals surface area contributed by atoms with Gasteiger partial charge in [0.05, 0.1) is 6.61 Å². The molecule has 1 aliphatic heterocycles. The van der Waals surface area contributed by atoms with Crippen LogP contribution in [0.5, 0.6) is 5.75 Å². The first kappa shape index (κ1) is 9.53. The minimum Gasteiger partial charge on any atom is -0.493 e. The lowest BCUT2D eigenvalue weighted by Gasteiger charge is -2.24. The molecule has 1 aromatic carbocycles. The summed E-state index contributed by atoms with van der Waals surface area (Å²) in [6.07, 6.45) is 2.21. The van der Waals surface area contributed by atoms with Gasteiger partial charge < -0.3 is 9.47 Å². The fraction of sp³-hybridized carbons (Fsp3) is 0.500. The number of ether oxygens (including phenoxy) is 2. The highest BCUT2D eigenvalue weighted by Gasteiger charge is 2.18. The van der Waals surface area contributed by atoms with Gasteiger partial charge in [-0.1, -0.05) is 18.2 Å². The number of hydrogen-bond donors (Lipinski definition) is 0. The Balaban J connectivity index is 1.99. The molecular weight excluding hydrogens is 176 g/mol. The lowest BCUT2D eigenvalue weighted by atomic mass is 9.94.